The maximum absolute atomic E-state index is 13.3. The third-order valence-electron chi connectivity index (χ3n) is 6.54. The van der Waals surface area contributed by atoms with Crippen molar-refractivity contribution in [3.8, 4) is 11.4 Å². The maximum Gasteiger partial charge on any atom is 0.280 e. The number of nitro groups is 1. The van der Waals surface area contributed by atoms with E-state index in [1.54, 1.807) is 22.6 Å². The van der Waals surface area contributed by atoms with Crippen molar-refractivity contribution in [2.45, 2.75) is 4.90 Å². The van der Waals surface area contributed by atoms with E-state index in [4.69, 9.17) is 4.98 Å². The normalized spacial score (nSPS) is 14.8. The zero-order chi connectivity index (χ0) is 26.4. The highest BCUT2D eigenvalue weighted by atomic mass is 32.2. The van der Waals surface area contributed by atoms with Crippen molar-refractivity contribution in [3.05, 3.63) is 88.7 Å². The topological polar surface area (TPSA) is 127 Å². The van der Waals surface area contributed by atoms with E-state index in [9.17, 15) is 22.9 Å². The number of aromatic nitrogens is 4. The molecule has 38 heavy (non-hydrogen) atoms. The number of nitro benzene ring substituents is 1. The number of sulfonamides is 1. The van der Waals surface area contributed by atoms with Crippen LogP contribution in [0.2, 0.25) is 0 Å². The minimum absolute atomic E-state index is 0.0241. The second-order valence-corrected chi connectivity index (χ2v) is 10.7. The molecule has 2 aromatic heterocycles. The zero-order valence-corrected chi connectivity index (χ0v) is 20.6. The Balaban J connectivity index is 1.42. The Morgan fingerprint density at radius 3 is 2.29 bits per heavy atom. The van der Waals surface area contributed by atoms with E-state index < -0.39 is 20.8 Å². The smallest absolute Gasteiger partial charge is 0.280 e. The summed E-state index contributed by atoms with van der Waals surface area (Å²) in [7, 11) is -3.80. The van der Waals surface area contributed by atoms with E-state index in [1.165, 1.54) is 22.5 Å². The first-order chi connectivity index (χ1) is 18.3. The fraction of sp³-hybridized carbons (Fsp3) is 0.160. The van der Waals surface area contributed by atoms with Crippen molar-refractivity contribution >= 4 is 38.2 Å². The van der Waals surface area contributed by atoms with Gasteiger partial charge in [0.25, 0.3) is 5.69 Å². The van der Waals surface area contributed by atoms with Crippen molar-refractivity contribution in [3.63, 3.8) is 0 Å². The number of halogens is 1. The molecule has 0 aliphatic carbocycles. The van der Waals surface area contributed by atoms with Gasteiger partial charge in [-0.05, 0) is 42.5 Å². The summed E-state index contributed by atoms with van der Waals surface area (Å²) in [6, 6.07) is 18.4. The average molecular weight is 534 g/mol. The van der Waals surface area contributed by atoms with E-state index >= 15 is 0 Å². The minimum atomic E-state index is -3.80. The monoisotopic (exact) mass is 533 g/mol. The second-order valence-electron chi connectivity index (χ2n) is 8.73. The summed E-state index contributed by atoms with van der Waals surface area (Å²) in [5, 5.41) is 21.2. The molecule has 0 unspecified atom stereocenters. The van der Waals surface area contributed by atoms with Gasteiger partial charge in [0.15, 0.2) is 11.5 Å². The summed E-state index contributed by atoms with van der Waals surface area (Å²) < 4.78 is 42.6. The van der Waals surface area contributed by atoms with Gasteiger partial charge in [0.2, 0.25) is 16.0 Å². The summed E-state index contributed by atoms with van der Waals surface area (Å²) in [5.41, 5.74) is 1.33. The molecule has 3 aromatic carbocycles. The lowest BCUT2D eigenvalue weighted by atomic mass is 10.1. The second kappa shape index (κ2) is 9.11. The third kappa shape index (κ3) is 3.92. The molecule has 1 aliphatic rings. The average Bonchev–Trinajstić information content (AvgIpc) is 3.38. The van der Waals surface area contributed by atoms with Gasteiger partial charge in [0, 0.05) is 37.6 Å². The number of hydrogen-bond acceptors (Lipinski definition) is 8. The van der Waals surface area contributed by atoms with Crippen LogP contribution in [0.25, 0.3) is 27.9 Å². The minimum Gasteiger partial charge on any atom is -0.339 e. The molecule has 0 N–H and O–H groups in total. The Kier molecular flexibility index (Phi) is 5.73. The summed E-state index contributed by atoms with van der Waals surface area (Å²) in [4.78, 5) is 18.1. The van der Waals surface area contributed by atoms with E-state index in [0.29, 0.717) is 35.8 Å². The lowest BCUT2D eigenvalue weighted by molar-refractivity contribution is -0.384. The molecule has 0 spiro atoms. The molecule has 1 fully saturated rings. The fourth-order valence-corrected chi connectivity index (χ4v) is 6.08. The number of fused-ring (bicyclic) bond motifs is 3. The van der Waals surface area contributed by atoms with E-state index in [2.05, 4.69) is 10.2 Å². The lowest BCUT2D eigenvalue weighted by Crippen LogP contribution is -2.49. The van der Waals surface area contributed by atoms with Gasteiger partial charge in [0.05, 0.1) is 20.9 Å². The highest BCUT2D eigenvalue weighted by Gasteiger charge is 2.31. The third-order valence-corrected chi connectivity index (χ3v) is 8.46. The van der Waals surface area contributed by atoms with Crippen LogP contribution in [0, 0.1) is 15.9 Å². The van der Waals surface area contributed by atoms with Crippen LogP contribution >= 0.6 is 0 Å². The molecule has 3 heterocycles. The summed E-state index contributed by atoms with van der Waals surface area (Å²) in [6.45, 7) is 0.933. The van der Waals surface area contributed by atoms with Crippen molar-refractivity contribution in [1.82, 2.24) is 23.9 Å². The maximum atomic E-state index is 13.3. The molecule has 11 nitrogen and oxygen atoms in total. The van der Waals surface area contributed by atoms with Gasteiger partial charge in [-0.15, -0.1) is 10.2 Å². The van der Waals surface area contributed by atoms with Gasteiger partial charge < -0.3 is 4.90 Å². The van der Waals surface area contributed by atoms with Gasteiger partial charge in [-0.25, -0.2) is 22.2 Å². The molecular weight excluding hydrogens is 513 g/mol. The standard InChI is InChI=1S/C25H20FN7O4S/c26-17-9-11-18(12-10-17)38(36,37)31-15-13-30(14-16-31)25-27-21-7-3-1-5-19(21)23-28-29-24(32(23)25)20-6-2-4-8-22(20)33(34)35/h1-12H,13-16H2. The number of hydrogen-bond donors (Lipinski definition) is 0. The van der Waals surface area contributed by atoms with Crippen LogP contribution < -0.4 is 4.90 Å². The summed E-state index contributed by atoms with van der Waals surface area (Å²) in [6.07, 6.45) is 0. The van der Waals surface area contributed by atoms with Crippen molar-refractivity contribution in [2.75, 3.05) is 31.1 Å². The van der Waals surface area contributed by atoms with E-state index in [1.807, 2.05) is 29.2 Å². The molecule has 0 bridgehead atoms. The van der Waals surface area contributed by atoms with Crippen LogP contribution in [0.15, 0.2) is 77.7 Å². The number of anilines is 1. The molecule has 13 heteroatoms. The highest BCUT2D eigenvalue weighted by molar-refractivity contribution is 7.89. The van der Waals surface area contributed by atoms with Gasteiger partial charge in [0.1, 0.15) is 5.82 Å². The Bertz CT molecular complexity index is 1800. The molecule has 0 amide bonds. The SMILES string of the molecule is O=[N+]([O-])c1ccccc1-c1nnc2c3ccccc3nc(N3CCN(S(=O)(=O)c4ccc(F)cc4)CC3)n12. The predicted octanol–water partition coefficient (Wildman–Crippen LogP) is 3.50. The van der Waals surface area contributed by atoms with E-state index in [0.717, 1.165) is 17.5 Å². The molecule has 0 saturated carbocycles. The van der Waals surface area contributed by atoms with Gasteiger partial charge in [-0.3, -0.25) is 10.1 Å². The van der Waals surface area contributed by atoms with Gasteiger partial charge in [-0.1, -0.05) is 24.3 Å². The van der Waals surface area contributed by atoms with Crippen LogP contribution in [0.1, 0.15) is 0 Å². The predicted molar refractivity (Wildman–Crippen MR) is 138 cm³/mol. The molecule has 6 rings (SSSR count). The molecular formula is C25H20FN7O4S. The molecule has 1 aliphatic heterocycles. The first-order valence-electron chi connectivity index (χ1n) is 11.7. The van der Waals surface area contributed by atoms with Crippen molar-refractivity contribution in [1.29, 1.82) is 0 Å². The van der Waals surface area contributed by atoms with Crippen molar-refractivity contribution in [2.24, 2.45) is 0 Å². The Morgan fingerprint density at radius 2 is 1.55 bits per heavy atom. The zero-order valence-electron chi connectivity index (χ0n) is 19.8. The number of rotatable bonds is 5. The summed E-state index contributed by atoms with van der Waals surface area (Å²) >= 11 is 0. The Hall–Kier alpha value is -4.49. The van der Waals surface area contributed by atoms with Gasteiger partial charge in [-0.2, -0.15) is 4.31 Å². The van der Waals surface area contributed by atoms with Crippen LogP contribution in [-0.4, -0.2) is 63.4 Å². The number of piperazine rings is 1. The number of nitrogens with zero attached hydrogens (tertiary/aromatic N) is 7. The highest BCUT2D eigenvalue weighted by Crippen LogP contribution is 2.33. The molecule has 1 saturated heterocycles. The first kappa shape index (κ1) is 23.9. The molecule has 192 valence electrons. The fourth-order valence-electron chi connectivity index (χ4n) is 4.66. The summed E-state index contributed by atoms with van der Waals surface area (Å²) in [5.74, 6) is 0.209. The Morgan fingerprint density at radius 1 is 0.868 bits per heavy atom. The lowest BCUT2D eigenvalue weighted by Gasteiger charge is -2.35. The van der Waals surface area contributed by atoms with Crippen molar-refractivity contribution < 1.29 is 17.7 Å². The largest absolute Gasteiger partial charge is 0.339 e. The Labute approximate surface area is 216 Å². The molecule has 0 radical (unpaired) electrons. The first-order valence-corrected chi connectivity index (χ1v) is 13.2. The van der Waals surface area contributed by atoms with Crippen LogP contribution in [-0.2, 0) is 10.0 Å². The van der Waals surface area contributed by atoms with Crippen LogP contribution in [0.5, 0.6) is 0 Å². The van der Waals surface area contributed by atoms with Crippen LogP contribution in [0.3, 0.4) is 0 Å². The number of benzene rings is 3. The van der Waals surface area contributed by atoms with Crippen LogP contribution in [0.4, 0.5) is 16.0 Å². The van der Waals surface area contributed by atoms with E-state index in [-0.39, 0.29) is 29.5 Å². The number of para-hydroxylation sites is 2. The quantitative estimate of drug-likeness (QED) is 0.248. The van der Waals surface area contributed by atoms with Gasteiger partial charge >= 0.3 is 0 Å². The molecule has 0 atom stereocenters. The molecule has 5 aromatic rings.